The summed E-state index contributed by atoms with van der Waals surface area (Å²) in [6.07, 6.45) is -0.312. The van der Waals surface area contributed by atoms with Crippen molar-refractivity contribution in [2.45, 2.75) is 6.42 Å². The Morgan fingerprint density at radius 3 is 2.81 bits per heavy atom. The van der Waals surface area contributed by atoms with E-state index in [1.807, 2.05) is 0 Å². The maximum absolute atomic E-state index is 12.8. The Morgan fingerprint density at radius 2 is 2.25 bits per heavy atom. The Balaban J connectivity index is 2.80. The van der Waals surface area contributed by atoms with E-state index in [2.05, 4.69) is 0 Å². The molecule has 0 heterocycles. The highest BCUT2D eigenvalue weighted by molar-refractivity contribution is 5.66. The number of hydrogen-bond donors (Lipinski definition) is 1. The Hall–Kier alpha value is -2.18. The van der Waals surface area contributed by atoms with Crippen LogP contribution in [0.15, 0.2) is 18.2 Å². The molecule has 0 spiro atoms. The van der Waals surface area contributed by atoms with E-state index in [4.69, 9.17) is 9.84 Å². The number of carboxylic acids is 1. The van der Waals surface area contributed by atoms with Gasteiger partial charge in [-0.2, -0.15) is 0 Å². The molecule has 0 atom stereocenters. The van der Waals surface area contributed by atoms with Gasteiger partial charge in [-0.1, -0.05) is 0 Å². The van der Waals surface area contributed by atoms with Crippen molar-refractivity contribution < 1.29 is 24.0 Å². The van der Waals surface area contributed by atoms with Crippen molar-refractivity contribution in [1.29, 1.82) is 0 Å². The Morgan fingerprint density at radius 1 is 1.56 bits per heavy atom. The summed E-state index contributed by atoms with van der Waals surface area (Å²) < 4.78 is 17.6. The largest absolute Gasteiger partial charge is 0.486 e. The third-order valence-corrected chi connectivity index (χ3v) is 1.69. The lowest BCUT2D eigenvalue weighted by Crippen LogP contribution is -2.06. The predicted molar refractivity (Wildman–Crippen MR) is 50.8 cm³/mol. The number of aliphatic carboxylic acids is 1. The van der Waals surface area contributed by atoms with Crippen molar-refractivity contribution in [3.8, 4) is 5.75 Å². The highest BCUT2D eigenvalue weighted by Crippen LogP contribution is 2.27. The van der Waals surface area contributed by atoms with Crippen LogP contribution in [0.4, 0.5) is 10.1 Å². The number of nitrogens with zero attached hydrogens (tertiary/aromatic N) is 1. The number of ether oxygens (including phenoxy) is 1. The van der Waals surface area contributed by atoms with E-state index in [1.165, 1.54) is 0 Å². The lowest BCUT2D eigenvalue weighted by molar-refractivity contribution is -0.385. The number of rotatable bonds is 5. The molecule has 1 aromatic rings. The second kappa shape index (κ2) is 5.06. The van der Waals surface area contributed by atoms with Gasteiger partial charge in [0.05, 0.1) is 18.0 Å². The van der Waals surface area contributed by atoms with Gasteiger partial charge < -0.3 is 9.84 Å². The minimum Gasteiger partial charge on any atom is -0.486 e. The number of nitro benzene ring substituents is 1. The van der Waals surface area contributed by atoms with E-state index in [-0.39, 0.29) is 18.8 Å². The first-order chi connectivity index (χ1) is 7.50. The summed E-state index contributed by atoms with van der Waals surface area (Å²) in [6.45, 7) is -0.250. The van der Waals surface area contributed by atoms with Crippen LogP contribution in [0.2, 0.25) is 0 Å². The summed E-state index contributed by atoms with van der Waals surface area (Å²) in [7, 11) is 0. The first-order valence-electron chi connectivity index (χ1n) is 4.29. The third kappa shape index (κ3) is 3.19. The van der Waals surface area contributed by atoms with E-state index < -0.39 is 22.4 Å². The molecule has 0 radical (unpaired) electrons. The van der Waals surface area contributed by atoms with Gasteiger partial charge in [-0.15, -0.1) is 0 Å². The van der Waals surface area contributed by atoms with Crippen molar-refractivity contribution in [2.75, 3.05) is 6.61 Å². The van der Waals surface area contributed by atoms with Gasteiger partial charge in [0.15, 0.2) is 5.75 Å². The van der Waals surface area contributed by atoms with Crippen molar-refractivity contribution in [2.24, 2.45) is 0 Å². The molecule has 1 N–H and O–H groups in total. The SMILES string of the molecule is O=C(O)CCOc1cc(F)ccc1[N+](=O)[O-]. The van der Waals surface area contributed by atoms with Gasteiger partial charge in [-0.3, -0.25) is 14.9 Å². The van der Waals surface area contributed by atoms with Crippen LogP contribution in [0.1, 0.15) is 6.42 Å². The summed E-state index contributed by atoms with van der Waals surface area (Å²) in [5.74, 6) is -2.05. The van der Waals surface area contributed by atoms with Gasteiger partial charge in [-0.05, 0) is 6.07 Å². The zero-order valence-corrected chi connectivity index (χ0v) is 8.05. The number of carbonyl (C=O) groups is 1. The molecule has 6 nitrogen and oxygen atoms in total. The first-order valence-corrected chi connectivity index (χ1v) is 4.29. The number of benzene rings is 1. The zero-order valence-electron chi connectivity index (χ0n) is 8.05. The van der Waals surface area contributed by atoms with Gasteiger partial charge >= 0.3 is 11.7 Å². The molecule has 0 unspecified atom stereocenters. The quantitative estimate of drug-likeness (QED) is 0.611. The van der Waals surface area contributed by atoms with Crippen molar-refractivity contribution in [3.05, 3.63) is 34.1 Å². The fraction of sp³-hybridized carbons (Fsp3) is 0.222. The van der Waals surface area contributed by atoms with Crippen LogP contribution >= 0.6 is 0 Å². The van der Waals surface area contributed by atoms with Crippen LogP contribution in [0.25, 0.3) is 0 Å². The standard InChI is InChI=1S/C9H8FNO5/c10-6-1-2-7(11(14)15)8(5-6)16-4-3-9(12)13/h1-2,5H,3-4H2,(H,12,13). The molecular weight excluding hydrogens is 221 g/mol. The van der Waals surface area contributed by atoms with Gasteiger partial charge in [0, 0.05) is 12.1 Å². The topological polar surface area (TPSA) is 89.7 Å². The molecule has 0 amide bonds. The monoisotopic (exact) mass is 229 g/mol. The van der Waals surface area contributed by atoms with Gasteiger partial charge in [0.1, 0.15) is 5.82 Å². The molecule has 1 rings (SSSR count). The fourth-order valence-corrected chi connectivity index (χ4v) is 1.00. The number of nitro groups is 1. The minimum absolute atomic E-state index is 0.250. The second-order valence-corrected chi connectivity index (χ2v) is 2.86. The smallest absolute Gasteiger partial charge is 0.311 e. The Kier molecular flexibility index (Phi) is 3.76. The fourth-order valence-electron chi connectivity index (χ4n) is 1.00. The van der Waals surface area contributed by atoms with E-state index >= 15 is 0 Å². The molecule has 7 heteroatoms. The third-order valence-electron chi connectivity index (χ3n) is 1.69. The zero-order chi connectivity index (χ0) is 12.1. The van der Waals surface area contributed by atoms with Gasteiger partial charge in [-0.25, -0.2) is 4.39 Å². The van der Waals surface area contributed by atoms with Crippen LogP contribution in [0, 0.1) is 15.9 Å². The maximum atomic E-state index is 12.8. The average Bonchev–Trinajstić information content (AvgIpc) is 2.16. The molecule has 0 saturated carbocycles. The minimum atomic E-state index is -1.10. The molecule has 0 aliphatic carbocycles. The van der Waals surface area contributed by atoms with E-state index in [9.17, 15) is 19.3 Å². The number of hydrogen-bond acceptors (Lipinski definition) is 4. The summed E-state index contributed by atoms with van der Waals surface area (Å²) in [5.41, 5.74) is -0.396. The van der Waals surface area contributed by atoms with Crippen LogP contribution in [-0.4, -0.2) is 22.6 Å². The lowest BCUT2D eigenvalue weighted by atomic mass is 10.3. The summed E-state index contributed by atoms with van der Waals surface area (Å²) >= 11 is 0. The van der Waals surface area contributed by atoms with Crippen molar-refractivity contribution >= 4 is 11.7 Å². The molecule has 16 heavy (non-hydrogen) atoms. The highest BCUT2D eigenvalue weighted by Gasteiger charge is 2.15. The van der Waals surface area contributed by atoms with Crippen molar-refractivity contribution in [3.63, 3.8) is 0 Å². The number of halogens is 1. The molecule has 0 fully saturated rings. The Labute approximate surface area is 89.4 Å². The molecule has 0 aliphatic rings. The second-order valence-electron chi connectivity index (χ2n) is 2.86. The summed E-state index contributed by atoms with van der Waals surface area (Å²) in [5, 5.41) is 18.9. The van der Waals surface area contributed by atoms with Gasteiger partial charge in [0.25, 0.3) is 0 Å². The molecule has 0 saturated heterocycles. The molecule has 0 aromatic heterocycles. The van der Waals surface area contributed by atoms with Crippen LogP contribution in [0.5, 0.6) is 5.75 Å². The molecule has 86 valence electrons. The molecule has 0 bridgehead atoms. The van der Waals surface area contributed by atoms with E-state index in [0.717, 1.165) is 18.2 Å². The predicted octanol–water partition coefficient (Wildman–Crippen LogP) is 1.59. The van der Waals surface area contributed by atoms with Crippen LogP contribution < -0.4 is 4.74 Å². The highest BCUT2D eigenvalue weighted by atomic mass is 19.1. The average molecular weight is 229 g/mol. The Bertz CT molecular complexity index is 420. The van der Waals surface area contributed by atoms with Gasteiger partial charge in [0.2, 0.25) is 0 Å². The normalized spacial score (nSPS) is 9.81. The summed E-state index contributed by atoms with van der Waals surface area (Å²) in [6, 6.07) is 2.74. The first kappa shape index (κ1) is 11.9. The lowest BCUT2D eigenvalue weighted by Gasteiger charge is -2.04. The maximum Gasteiger partial charge on any atom is 0.311 e. The molecular formula is C9H8FNO5. The summed E-state index contributed by atoms with van der Waals surface area (Å²) in [4.78, 5) is 20.0. The molecule has 1 aromatic carbocycles. The number of carboxylic acid groups (broad SMARTS) is 1. The van der Waals surface area contributed by atoms with Crippen molar-refractivity contribution in [1.82, 2.24) is 0 Å². The van der Waals surface area contributed by atoms with E-state index in [0.29, 0.717) is 0 Å². The van der Waals surface area contributed by atoms with Crippen LogP contribution in [0.3, 0.4) is 0 Å². The van der Waals surface area contributed by atoms with E-state index in [1.54, 1.807) is 0 Å². The molecule has 0 aliphatic heterocycles. The van der Waals surface area contributed by atoms with Crippen LogP contribution in [-0.2, 0) is 4.79 Å².